The number of anilines is 4. The molecule has 3 rings (SSSR count). The third-order valence-corrected chi connectivity index (χ3v) is 4.17. The second-order valence-corrected chi connectivity index (χ2v) is 5.93. The quantitative estimate of drug-likeness (QED) is 0.590. The molecule has 1 aliphatic heterocycles. The summed E-state index contributed by atoms with van der Waals surface area (Å²) in [4.78, 5) is 22.7. The van der Waals surface area contributed by atoms with Crippen LogP contribution in [0.5, 0.6) is 0 Å². The van der Waals surface area contributed by atoms with E-state index in [1.54, 1.807) is 24.3 Å². The highest BCUT2D eigenvalue weighted by Gasteiger charge is 2.32. The number of nitrogen functional groups attached to an aromatic ring is 3. The van der Waals surface area contributed by atoms with E-state index in [4.69, 9.17) is 28.8 Å². The lowest BCUT2D eigenvalue weighted by Crippen LogP contribution is -2.55. The molecule has 2 heterocycles. The van der Waals surface area contributed by atoms with Gasteiger partial charge in [-0.3, -0.25) is 4.79 Å². The molecule has 7 N–H and O–H groups in total. The summed E-state index contributed by atoms with van der Waals surface area (Å²) in [6, 6.07) is 6.29. The van der Waals surface area contributed by atoms with Gasteiger partial charge in [-0.15, -0.1) is 0 Å². The van der Waals surface area contributed by atoms with Crippen molar-refractivity contribution in [1.29, 1.82) is 0 Å². The van der Waals surface area contributed by atoms with Gasteiger partial charge in [-0.25, -0.2) is 0 Å². The Hall–Kier alpha value is -2.58. The molecule has 1 aromatic heterocycles. The Kier molecular flexibility index (Phi) is 4.41. The maximum Gasteiger partial charge on any atom is 0.224 e. The van der Waals surface area contributed by atoms with Crippen molar-refractivity contribution in [3.05, 3.63) is 34.9 Å². The van der Waals surface area contributed by atoms with Crippen molar-refractivity contribution in [2.24, 2.45) is 0 Å². The van der Waals surface area contributed by atoms with E-state index in [1.165, 1.54) is 0 Å². The highest BCUT2D eigenvalue weighted by molar-refractivity contribution is 6.30. The fraction of sp³-hybridized carbons (Fsp3) is 0.267. The molecule has 9 heteroatoms. The van der Waals surface area contributed by atoms with Gasteiger partial charge in [-0.05, 0) is 24.3 Å². The van der Waals surface area contributed by atoms with Crippen LogP contribution in [0.15, 0.2) is 24.3 Å². The van der Waals surface area contributed by atoms with Crippen molar-refractivity contribution in [1.82, 2.24) is 15.3 Å². The molecule has 1 fully saturated rings. The fourth-order valence-corrected chi connectivity index (χ4v) is 2.84. The van der Waals surface area contributed by atoms with Gasteiger partial charge in [-0.2, -0.15) is 9.97 Å². The van der Waals surface area contributed by atoms with Gasteiger partial charge in [0.05, 0.1) is 0 Å². The average Bonchev–Trinajstić information content (AvgIpc) is 2.58. The Morgan fingerprint density at radius 2 is 1.92 bits per heavy atom. The van der Waals surface area contributed by atoms with Crippen LogP contribution in [-0.2, 0) is 0 Å². The Morgan fingerprint density at radius 1 is 1.21 bits per heavy atom. The zero-order valence-corrected chi connectivity index (χ0v) is 13.6. The minimum atomic E-state index is -0.476. The molecule has 8 nitrogen and oxygen atoms in total. The third-order valence-electron chi connectivity index (χ3n) is 3.92. The number of rotatable bonds is 3. The number of nitrogens with one attached hydrogen (secondary N) is 1. The zero-order valence-electron chi connectivity index (χ0n) is 12.9. The average molecular weight is 348 g/mol. The molecule has 1 aliphatic rings. The van der Waals surface area contributed by atoms with Crippen molar-refractivity contribution in [2.75, 3.05) is 41.7 Å². The molecule has 1 atom stereocenters. The molecule has 0 aliphatic carbocycles. The van der Waals surface area contributed by atoms with Crippen molar-refractivity contribution in [2.45, 2.75) is 6.04 Å². The molecule has 2 aromatic rings. The summed E-state index contributed by atoms with van der Waals surface area (Å²) in [6.45, 7) is 1.70. The predicted molar refractivity (Wildman–Crippen MR) is 95.1 cm³/mol. The van der Waals surface area contributed by atoms with Crippen LogP contribution in [0.4, 0.5) is 23.3 Å². The zero-order chi connectivity index (χ0) is 17.3. The first kappa shape index (κ1) is 16.3. The minimum absolute atomic E-state index is 0.0212. The second-order valence-electron chi connectivity index (χ2n) is 5.49. The molecule has 0 spiro atoms. The van der Waals surface area contributed by atoms with E-state index in [2.05, 4.69) is 15.3 Å². The molecule has 0 radical (unpaired) electrons. The number of aromatic nitrogens is 2. The van der Waals surface area contributed by atoms with Gasteiger partial charge in [0.15, 0.2) is 17.4 Å². The number of piperazine rings is 1. The molecule has 126 valence electrons. The van der Waals surface area contributed by atoms with Crippen LogP contribution in [0.2, 0.25) is 5.02 Å². The largest absolute Gasteiger partial charge is 0.393 e. The Balaban J connectivity index is 1.97. The maximum absolute atomic E-state index is 12.9. The van der Waals surface area contributed by atoms with E-state index in [0.717, 1.165) is 0 Å². The highest BCUT2D eigenvalue weighted by atomic mass is 35.5. The summed E-state index contributed by atoms with van der Waals surface area (Å²) in [5.74, 6) is 0.449. The van der Waals surface area contributed by atoms with E-state index in [0.29, 0.717) is 36.0 Å². The fourth-order valence-electron chi connectivity index (χ4n) is 2.71. The second kappa shape index (κ2) is 6.50. The van der Waals surface area contributed by atoms with Crippen molar-refractivity contribution < 1.29 is 4.79 Å². The van der Waals surface area contributed by atoms with E-state index in [-0.39, 0.29) is 23.2 Å². The number of hydrogen-bond donors (Lipinski definition) is 4. The van der Waals surface area contributed by atoms with Crippen LogP contribution in [0.1, 0.15) is 10.4 Å². The number of hydrogen-bond acceptors (Lipinski definition) is 8. The Morgan fingerprint density at radius 3 is 2.62 bits per heavy atom. The van der Waals surface area contributed by atoms with Crippen molar-refractivity contribution >= 4 is 40.7 Å². The molecule has 24 heavy (non-hydrogen) atoms. The van der Waals surface area contributed by atoms with Gasteiger partial charge in [0, 0.05) is 30.2 Å². The smallest absolute Gasteiger partial charge is 0.224 e. The number of nitrogens with zero attached hydrogens (tertiary/aromatic N) is 3. The minimum Gasteiger partial charge on any atom is -0.393 e. The Labute approximate surface area is 144 Å². The van der Waals surface area contributed by atoms with Crippen LogP contribution in [0, 0.1) is 0 Å². The monoisotopic (exact) mass is 347 g/mol. The summed E-state index contributed by atoms with van der Waals surface area (Å²) in [5.41, 5.74) is 18.3. The molecule has 0 saturated carbocycles. The lowest BCUT2D eigenvalue weighted by Gasteiger charge is -2.36. The van der Waals surface area contributed by atoms with Gasteiger partial charge in [0.25, 0.3) is 0 Å². The number of nitrogens with two attached hydrogens (primary N) is 3. The molecule has 0 amide bonds. The lowest BCUT2D eigenvalue weighted by molar-refractivity contribution is 0.0950. The van der Waals surface area contributed by atoms with E-state index in [9.17, 15) is 4.79 Å². The normalized spacial score (nSPS) is 17.7. The lowest BCUT2D eigenvalue weighted by atomic mass is 10.0. The number of benzene rings is 1. The summed E-state index contributed by atoms with van der Waals surface area (Å²) in [7, 11) is 0. The summed E-state index contributed by atoms with van der Waals surface area (Å²) < 4.78 is 0. The number of carbonyl (C=O) groups excluding carboxylic acids is 1. The van der Waals surface area contributed by atoms with Crippen LogP contribution in [-0.4, -0.2) is 41.4 Å². The summed E-state index contributed by atoms with van der Waals surface area (Å²) in [5, 5.41) is 3.78. The highest BCUT2D eigenvalue weighted by Crippen LogP contribution is 2.29. The van der Waals surface area contributed by atoms with E-state index < -0.39 is 6.04 Å². The van der Waals surface area contributed by atoms with Crippen LogP contribution in [0.25, 0.3) is 0 Å². The van der Waals surface area contributed by atoms with Gasteiger partial charge in [0.2, 0.25) is 5.95 Å². The molecule has 0 bridgehead atoms. The van der Waals surface area contributed by atoms with E-state index in [1.807, 2.05) is 4.90 Å². The SMILES string of the molecule is Nc1nc(N)c(N)c(N2CCNCC2C(=O)c2ccc(Cl)cc2)n1. The van der Waals surface area contributed by atoms with Gasteiger partial charge in [0.1, 0.15) is 11.7 Å². The number of Topliss-reactive ketones (excluding diaryl/α,β-unsaturated/α-hetero) is 1. The van der Waals surface area contributed by atoms with Gasteiger partial charge in [-0.1, -0.05) is 11.6 Å². The topological polar surface area (TPSA) is 136 Å². The van der Waals surface area contributed by atoms with Crippen LogP contribution in [0.3, 0.4) is 0 Å². The summed E-state index contributed by atoms with van der Waals surface area (Å²) >= 11 is 5.89. The maximum atomic E-state index is 12.9. The predicted octanol–water partition coefficient (Wildman–Crippen LogP) is 0.538. The van der Waals surface area contributed by atoms with Crippen LogP contribution >= 0.6 is 11.6 Å². The first-order valence-corrected chi connectivity index (χ1v) is 7.80. The standard InChI is InChI=1S/C15H18ClN7O/c16-9-3-1-8(2-4-9)12(24)10-7-20-5-6-23(10)14-11(17)13(18)21-15(19)22-14/h1-4,10,20H,5-7,17H2,(H4,18,19,21,22). The number of carbonyl (C=O) groups is 1. The molecule has 1 aromatic carbocycles. The number of ketones is 1. The molecular weight excluding hydrogens is 330 g/mol. The summed E-state index contributed by atoms with van der Waals surface area (Å²) in [6.07, 6.45) is 0. The van der Waals surface area contributed by atoms with Crippen molar-refractivity contribution in [3.63, 3.8) is 0 Å². The molecular formula is C15H18ClN7O. The van der Waals surface area contributed by atoms with Gasteiger partial charge < -0.3 is 27.4 Å². The van der Waals surface area contributed by atoms with E-state index >= 15 is 0 Å². The Bertz CT molecular complexity index is 765. The van der Waals surface area contributed by atoms with Gasteiger partial charge >= 0.3 is 0 Å². The van der Waals surface area contributed by atoms with Crippen LogP contribution < -0.4 is 27.4 Å². The third kappa shape index (κ3) is 3.06. The molecule has 1 unspecified atom stereocenters. The first-order chi connectivity index (χ1) is 11.5. The van der Waals surface area contributed by atoms with Crippen molar-refractivity contribution in [3.8, 4) is 0 Å². The number of halogens is 1. The molecule has 1 saturated heterocycles. The first-order valence-electron chi connectivity index (χ1n) is 7.43.